The number of nitrogens with zero attached hydrogens (tertiary/aromatic N) is 1. The van der Waals surface area contributed by atoms with E-state index in [1.165, 1.54) is 17.7 Å². The number of carbonyl (C=O) groups excluding carboxylic acids is 1. The molecule has 0 saturated carbocycles. The molecule has 7 heteroatoms. The number of hydrogen-bond acceptors (Lipinski definition) is 5. The molecule has 0 aliphatic heterocycles. The topological polar surface area (TPSA) is 59.9 Å². The Labute approximate surface area is 219 Å². The summed E-state index contributed by atoms with van der Waals surface area (Å²) in [7, 11) is 3.22. The van der Waals surface area contributed by atoms with Crippen molar-refractivity contribution in [3.8, 4) is 11.5 Å². The molecule has 3 aromatic rings. The average molecular weight is 556 g/mol. The van der Waals surface area contributed by atoms with E-state index in [0.717, 1.165) is 63.1 Å². The van der Waals surface area contributed by atoms with Gasteiger partial charge >= 0.3 is 0 Å². The Morgan fingerprint density at radius 1 is 0.971 bits per heavy atom. The van der Waals surface area contributed by atoms with Crippen LogP contribution in [-0.2, 0) is 12.8 Å². The van der Waals surface area contributed by atoms with Crippen LogP contribution in [0.3, 0.4) is 0 Å². The molecule has 35 heavy (non-hydrogen) atoms. The van der Waals surface area contributed by atoms with Crippen LogP contribution in [0.2, 0.25) is 0 Å². The number of thiophene rings is 1. The van der Waals surface area contributed by atoms with E-state index in [4.69, 9.17) is 14.5 Å². The molecule has 0 atom stereocenters. The number of methoxy groups -OCH3 is 2. The lowest BCUT2D eigenvalue weighted by atomic mass is 9.96. The van der Waals surface area contributed by atoms with Gasteiger partial charge < -0.3 is 14.8 Å². The van der Waals surface area contributed by atoms with Crippen LogP contribution in [0.5, 0.6) is 11.5 Å². The predicted octanol–water partition coefficient (Wildman–Crippen LogP) is 7.81. The van der Waals surface area contributed by atoms with E-state index in [-0.39, 0.29) is 5.91 Å². The molecule has 0 fully saturated rings. The van der Waals surface area contributed by atoms with Crippen LogP contribution in [0.1, 0.15) is 63.2 Å². The van der Waals surface area contributed by atoms with Crippen LogP contribution in [0.25, 0.3) is 0 Å². The molecular formula is C28H31BrN2O3S. The predicted molar refractivity (Wildman–Crippen MR) is 149 cm³/mol. The fourth-order valence-corrected chi connectivity index (χ4v) is 6.22. The molecule has 1 heterocycles. The van der Waals surface area contributed by atoms with Crippen LogP contribution in [0.15, 0.2) is 39.8 Å². The Balaban J connectivity index is 1.74. The van der Waals surface area contributed by atoms with Gasteiger partial charge in [0, 0.05) is 26.8 Å². The van der Waals surface area contributed by atoms with E-state index in [2.05, 4.69) is 27.3 Å². The number of anilines is 1. The van der Waals surface area contributed by atoms with Gasteiger partial charge in [-0.3, -0.25) is 4.79 Å². The highest BCUT2D eigenvalue weighted by Crippen LogP contribution is 2.40. The first-order valence-corrected chi connectivity index (χ1v) is 13.5. The number of hydrogen-bond donors (Lipinski definition) is 1. The average Bonchev–Trinajstić information content (AvgIpc) is 3.13. The number of aryl methyl sites for hydroxylation is 3. The highest BCUT2D eigenvalue weighted by atomic mass is 79.9. The summed E-state index contributed by atoms with van der Waals surface area (Å²) in [6.45, 7) is 4.08. The second-order valence-corrected chi connectivity index (χ2v) is 10.9. The van der Waals surface area contributed by atoms with E-state index >= 15 is 0 Å². The highest BCUT2D eigenvalue weighted by molar-refractivity contribution is 9.10. The summed E-state index contributed by atoms with van der Waals surface area (Å²) >= 11 is 5.25. The number of amides is 1. The zero-order chi connectivity index (χ0) is 24.9. The smallest absolute Gasteiger partial charge is 0.259 e. The SMILES string of the molecule is COc1cc(Br)c(C=Nc2sc3c(c2C(=O)Nc2cc(C)cc(C)c2)CCCCCC3)cc1OC. The number of benzene rings is 2. The molecule has 0 bridgehead atoms. The second-order valence-electron chi connectivity index (χ2n) is 8.92. The molecular weight excluding hydrogens is 524 g/mol. The lowest BCUT2D eigenvalue weighted by Crippen LogP contribution is -2.14. The normalized spacial score (nSPS) is 13.7. The Bertz CT molecular complexity index is 1250. The first-order valence-electron chi connectivity index (χ1n) is 11.9. The first kappa shape index (κ1) is 25.5. The van der Waals surface area contributed by atoms with Crippen LogP contribution < -0.4 is 14.8 Å². The molecule has 0 unspecified atom stereocenters. The number of carbonyl (C=O) groups is 1. The maximum atomic E-state index is 13.6. The standard InChI is InChI=1S/C28H31BrN2O3S/c1-17-11-18(2)13-20(12-17)31-27(32)26-21-9-7-5-6-8-10-25(21)35-28(26)30-16-19-14-23(33-3)24(34-4)15-22(19)29/h11-16H,5-10H2,1-4H3,(H,31,32). The number of rotatable bonds is 6. The molecule has 0 spiro atoms. The third-order valence-electron chi connectivity index (χ3n) is 6.18. The Hall–Kier alpha value is -2.64. The molecule has 1 N–H and O–H groups in total. The van der Waals surface area contributed by atoms with Gasteiger partial charge in [0.05, 0.1) is 19.8 Å². The number of halogens is 1. The number of fused-ring (bicyclic) bond motifs is 1. The minimum absolute atomic E-state index is 0.0911. The summed E-state index contributed by atoms with van der Waals surface area (Å²) in [4.78, 5) is 19.8. The first-order chi connectivity index (χ1) is 16.9. The monoisotopic (exact) mass is 554 g/mol. The number of aliphatic imine (C=N–C) groups is 1. The van der Waals surface area contributed by atoms with Gasteiger partial charge in [0.1, 0.15) is 5.00 Å². The van der Waals surface area contributed by atoms with E-state index < -0.39 is 0 Å². The molecule has 184 valence electrons. The van der Waals surface area contributed by atoms with Crippen molar-refractivity contribution in [2.24, 2.45) is 4.99 Å². The van der Waals surface area contributed by atoms with E-state index in [1.807, 2.05) is 38.1 Å². The third-order valence-corrected chi connectivity index (χ3v) is 8.07. The fourth-order valence-electron chi connectivity index (χ4n) is 4.57. The summed E-state index contributed by atoms with van der Waals surface area (Å²) < 4.78 is 11.7. The number of nitrogens with one attached hydrogen (secondary N) is 1. The van der Waals surface area contributed by atoms with Crippen LogP contribution >= 0.6 is 27.3 Å². The summed E-state index contributed by atoms with van der Waals surface area (Å²) in [6, 6.07) is 9.86. The highest BCUT2D eigenvalue weighted by Gasteiger charge is 2.24. The van der Waals surface area contributed by atoms with E-state index in [1.54, 1.807) is 31.8 Å². The van der Waals surface area contributed by atoms with Crippen molar-refractivity contribution in [1.29, 1.82) is 0 Å². The van der Waals surface area contributed by atoms with Crippen molar-refractivity contribution in [2.45, 2.75) is 52.4 Å². The summed E-state index contributed by atoms with van der Waals surface area (Å²) in [5.74, 6) is 1.18. The Morgan fingerprint density at radius 3 is 2.31 bits per heavy atom. The maximum absolute atomic E-state index is 13.6. The van der Waals surface area contributed by atoms with Crippen molar-refractivity contribution < 1.29 is 14.3 Å². The molecule has 0 radical (unpaired) electrons. The van der Waals surface area contributed by atoms with Gasteiger partial charge in [-0.05, 0) is 96.4 Å². The second kappa shape index (κ2) is 11.4. The van der Waals surface area contributed by atoms with Gasteiger partial charge in [0.15, 0.2) is 11.5 Å². The minimum atomic E-state index is -0.0911. The molecule has 1 aliphatic carbocycles. The lowest BCUT2D eigenvalue weighted by Gasteiger charge is -2.12. The molecule has 4 rings (SSSR count). The van der Waals surface area contributed by atoms with E-state index in [0.29, 0.717) is 17.1 Å². The van der Waals surface area contributed by atoms with Crippen LogP contribution in [0, 0.1) is 13.8 Å². The largest absolute Gasteiger partial charge is 0.493 e. The van der Waals surface area contributed by atoms with Crippen molar-refractivity contribution in [3.63, 3.8) is 0 Å². The third kappa shape index (κ3) is 5.96. The van der Waals surface area contributed by atoms with Gasteiger partial charge in [0.25, 0.3) is 5.91 Å². The number of ether oxygens (including phenoxy) is 2. The van der Waals surface area contributed by atoms with Gasteiger partial charge in [-0.1, -0.05) is 18.9 Å². The molecule has 2 aromatic carbocycles. The molecule has 1 aliphatic rings. The maximum Gasteiger partial charge on any atom is 0.259 e. The van der Waals surface area contributed by atoms with Crippen molar-refractivity contribution >= 4 is 50.1 Å². The van der Waals surface area contributed by atoms with E-state index in [9.17, 15) is 4.79 Å². The Kier molecular flexibility index (Phi) is 8.29. The van der Waals surface area contributed by atoms with Crippen molar-refractivity contribution in [2.75, 3.05) is 19.5 Å². The molecule has 0 saturated heterocycles. The van der Waals surface area contributed by atoms with Gasteiger partial charge in [0.2, 0.25) is 0 Å². The van der Waals surface area contributed by atoms with Crippen molar-refractivity contribution in [3.05, 3.63) is 67.5 Å². The quantitative estimate of drug-likeness (QED) is 0.316. The molecule has 1 aromatic heterocycles. The molecule has 1 amide bonds. The minimum Gasteiger partial charge on any atom is -0.493 e. The van der Waals surface area contributed by atoms with Crippen LogP contribution in [0.4, 0.5) is 10.7 Å². The van der Waals surface area contributed by atoms with Gasteiger partial charge in [-0.15, -0.1) is 11.3 Å². The van der Waals surface area contributed by atoms with Crippen LogP contribution in [-0.4, -0.2) is 26.3 Å². The summed E-state index contributed by atoms with van der Waals surface area (Å²) in [6.07, 6.45) is 8.38. The summed E-state index contributed by atoms with van der Waals surface area (Å²) in [5.41, 5.74) is 5.78. The van der Waals surface area contributed by atoms with Crippen molar-refractivity contribution in [1.82, 2.24) is 0 Å². The fraction of sp³-hybridized carbons (Fsp3) is 0.357. The molecule has 5 nitrogen and oxygen atoms in total. The van der Waals surface area contributed by atoms with Gasteiger partial charge in [-0.25, -0.2) is 4.99 Å². The van der Waals surface area contributed by atoms with Gasteiger partial charge in [-0.2, -0.15) is 0 Å². The lowest BCUT2D eigenvalue weighted by molar-refractivity contribution is 0.102. The Morgan fingerprint density at radius 2 is 1.63 bits per heavy atom. The summed E-state index contributed by atoms with van der Waals surface area (Å²) in [5, 5.41) is 3.89. The zero-order valence-corrected chi connectivity index (χ0v) is 23.1. The zero-order valence-electron chi connectivity index (χ0n) is 20.7.